The Balaban J connectivity index is 1.43. The van der Waals surface area contributed by atoms with Gasteiger partial charge in [0.25, 0.3) is 0 Å². The molecule has 2 N–H and O–H groups in total. The van der Waals surface area contributed by atoms with Crippen LogP contribution in [0.4, 0.5) is 0 Å². The van der Waals surface area contributed by atoms with Crippen molar-refractivity contribution >= 4 is 16.8 Å². The van der Waals surface area contributed by atoms with Gasteiger partial charge < -0.3 is 19.8 Å². The molecule has 0 saturated heterocycles. The first kappa shape index (κ1) is 17.5. The average Bonchev–Trinajstić information content (AvgIpc) is 3.06. The number of para-hydroxylation sites is 1. The molecule has 0 bridgehead atoms. The summed E-state index contributed by atoms with van der Waals surface area (Å²) in [6.07, 6.45) is 3.12. The zero-order chi connectivity index (χ0) is 18.8. The van der Waals surface area contributed by atoms with E-state index in [1.807, 2.05) is 24.3 Å². The van der Waals surface area contributed by atoms with Gasteiger partial charge in [0.1, 0.15) is 0 Å². The maximum Gasteiger partial charge on any atom is 0.224 e. The van der Waals surface area contributed by atoms with Crippen LogP contribution in [0.3, 0.4) is 0 Å². The summed E-state index contributed by atoms with van der Waals surface area (Å²) in [5, 5.41) is 4.47. The molecular weight excluding hydrogens is 340 g/mol. The highest BCUT2D eigenvalue weighted by Gasteiger charge is 2.23. The number of hydrogen-bond donors (Lipinski definition) is 2. The third kappa shape index (κ3) is 3.50. The van der Waals surface area contributed by atoms with Crippen molar-refractivity contribution in [1.82, 2.24) is 10.3 Å². The minimum absolute atomic E-state index is 0.0375. The zero-order valence-corrected chi connectivity index (χ0v) is 15.7. The van der Waals surface area contributed by atoms with Gasteiger partial charge >= 0.3 is 0 Å². The van der Waals surface area contributed by atoms with Crippen molar-refractivity contribution in [2.75, 3.05) is 14.2 Å². The molecule has 0 spiro atoms. The van der Waals surface area contributed by atoms with Crippen LogP contribution >= 0.6 is 0 Å². The minimum Gasteiger partial charge on any atom is -0.493 e. The highest BCUT2D eigenvalue weighted by molar-refractivity contribution is 5.85. The van der Waals surface area contributed by atoms with Gasteiger partial charge in [-0.05, 0) is 48.6 Å². The molecule has 27 heavy (non-hydrogen) atoms. The second-order valence-electron chi connectivity index (χ2n) is 7.00. The van der Waals surface area contributed by atoms with Crippen molar-refractivity contribution in [1.29, 1.82) is 0 Å². The normalized spacial score (nSPS) is 16.0. The lowest BCUT2D eigenvalue weighted by molar-refractivity contribution is -0.121. The van der Waals surface area contributed by atoms with Gasteiger partial charge in [-0.25, -0.2) is 0 Å². The molecule has 0 aliphatic heterocycles. The quantitative estimate of drug-likeness (QED) is 0.729. The highest BCUT2D eigenvalue weighted by atomic mass is 16.5. The molecule has 4 rings (SSSR count). The Bertz CT molecular complexity index is 977. The Morgan fingerprint density at radius 1 is 1.15 bits per heavy atom. The minimum atomic E-state index is 0.0375. The number of H-pyrrole nitrogens is 1. The van der Waals surface area contributed by atoms with Crippen LogP contribution in [-0.2, 0) is 24.1 Å². The van der Waals surface area contributed by atoms with E-state index >= 15 is 0 Å². The third-order valence-electron chi connectivity index (χ3n) is 5.27. The number of aryl methyl sites for hydroxylation is 1. The molecule has 0 radical (unpaired) electrons. The van der Waals surface area contributed by atoms with Crippen LogP contribution in [0.25, 0.3) is 10.9 Å². The second kappa shape index (κ2) is 7.35. The highest BCUT2D eigenvalue weighted by Crippen LogP contribution is 2.30. The lowest BCUT2D eigenvalue weighted by Gasteiger charge is -2.23. The van der Waals surface area contributed by atoms with Crippen LogP contribution in [0.2, 0.25) is 0 Å². The molecular formula is C22H24N2O3. The smallest absolute Gasteiger partial charge is 0.224 e. The molecule has 5 heteroatoms. The fourth-order valence-corrected chi connectivity index (χ4v) is 3.95. The van der Waals surface area contributed by atoms with Crippen LogP contribution in [-0.4, -0.2) is 31.2 Å². The molecule has 2 aromatic carbocycles. The van der Waals surface area contributed by atoms with E-state index in [0.717, 1.165) is 24.8 Å². The van der Waals surface area contributed by atoms with E-state index in [-0.39, 0.29) is 11.9 Å². The van der Waals surface area contributed by atoms with Crippen LogP contribution in [0, 0.1) is 0 Å². The number of nitrogens with one attached hydrogen (secondary N) is 2. The Morgan fingerprint density at radius 2 is 1.96 bits per heavy atom. The predicted octanol–water partition coefficient (Wildman–Crippen LogP) is 3.40. The Kier molecular flexibility index (Phi) is 4.75. The molecule has 1 heterocycles. The molecule has 1 atom stereocenters. The number of hydrogen-bond acceptors (Lipinski definition) is 3. The number of aromatic nitrogens is 1. The van der Waals surface area contributed by atoms with Crippen molar-refractivity contribution in [3.8, 4) is 11.5 Å². The molecule has 1 amide bonds. The van der Waals surface area contributed by atoms with Crippen molar-refractivity contribution in [2.24, 2.45) is 0 Å². The molecule has 3 aromatic rings. The van der Waals surface area contributed by atoms with E-state index in [2.05, 4.69) is 28.5 Å². The molecule has 1 aromatic heterocycles. The maximum atomic E-state index is 12.6. The largest absolute Gasteiger partial charge is 0.493 e. The van der Waals surface area contributed by atoms with Crippen molar-refractivity contribution in [3.05, 3.63) is 59.3 Å². The van der Waals surface area contributed by atoms with Gasteiger partial charge in [-0.1, -0.05) is 24.3 Å². The second-order valence-corrected chi connectivity index (χ2v) is 7.00. The van der Waals surface area contributed by atoms with Crippen LogP contribution in [0.5, 0.6) is 11.5 Å². The third-order valence-corrected chi connectivity index (χ3v) is 5.27. The molecule has 0 saturated carbocycles. The van der Waals surface area contributed by atoms with Crippen molar-refractivity contribution in [2.45, 2.75) is 31.7 Å². The first-order valence-electron chi connectivity index (χ1n) is 9.26. The number of methoxy groups -OCH3 is 2. The molecule has 0 fully saturated rings. The summed E-state index contributed by atoms with van der Waals surface area (Å²) in [7, 11) is 3.20. The van der Waals surface area contributed by atoms with Gasteiger partial charge in [-0.3, -0.25) is 4.79 Å². The van der Waals surface area contributed by atoms with Gasteiger partial charge in [0, 0.05) is 22.6 Å². The molecule has 1 aliphatic carbocycles. The Morgan fingerprint density at radius 3 is 2.78 bits per heavy atom. The summed E-state index contributed by atoms with van der Waals surface area (Å²) < 4.78 is 10.6. The molecule has 140 valence electrons. The van der Waals surface area contributed by atoms with Crippen molar-refractivity contribution in [3.63, 3.8) is 0 Å². The van der Waals surface area contributed by atoms with Crippen LogP contribution in [0.1, 0.15) is 23.2 Å². The van der Waals surface area contributed by atoms with E-state index in [0.29, 0.717) is 17.9 Å². The first-order valence-corrected chi connectivity index (χ1v) is 9.26. The number of carbonyl (C=O) groups excluding carboxylic acids is 1. The van der Waals surface area contributed by atoms with Gasteiger partial charge in [0.15, 0.2) is 11.5 Å². The number of carbonyl (C=O) groups is 1. The monoisotopic (exact) mass is 364 g/mol. The van der Waals surface area contributed by atoms with E-state index in [1.54, 1.807) is 14.2 Å². The summed E-state index contributed by atoms with van der Waals surface area (Å²) in [5.74, 6) is 1.35. The first-order chi connectivity index (χ1) is 13.2. The van der Waals surface area contributed by atoms with E-state index in [9.17, 15) is 4.79 Å². The summed E-state index contributed by atoms with van der Waals surface area (Å²) in [6, 6.07) is 14.1. The molecule has 1 unspecified atom stereocenters. The summed E-state index contributed by atoms with van der Waals surface area (Å²) in [5.41, 5.74) is 4.74. The number of amides is 1. The maximum absolute atomic E-state index is 12.6. The van der Waals surface area contributed by atoms with Crippen LogP contribution < -0.4 is 14.8 Å². The van der Waals surface area contributed by atoms with Gasteiger partial charge in [-0.15, -0.1) is 0 Å². The Hall–Kier alpha value is -2.95. The summed E-state index contributed by atoms with van der Waals surface area (Å²) >= 11 is 0. The average molecular weight is 364 g/mol. The molecule has 1 aliphatic rings. The number of fused-ring (bicyclic) bond motifs is 3. The number of ether oxygens (including phenoxy) is 2. The Labute approximate surface area is 158 Å². The van der Waals surface area contributed by atoms with E-state index < -0.39 is 0 Å². The lowest BCUT2D eigenvalue weighted by atomic mass is 9.91. The summed E-state index contributed by atoms with van der Waals surface area (Å²) in [6.45, 7) is 0. The number of benzene rings is 2. The van der Waals surface area contributed by atoms with E-state index in [4.69, 9.17) is 9.47 Å². The summed E-state index contributed by atoms with van der Waals surface area (Å²) in [4.78, 5) is 16.1. The van der Waals surface area contributed by atoms with Gasteiger partial charge in [0.05, 0.1) is 20.6 Å². The predicted molar refractivity (Wildman–Crippen MR) is 106 cm³/mol. The zero-order valence-electron chi connectivity index (χ0n) is 15.7. The topological polar surface area (TPSA) is 63.3 Å². The fraction of sp³-hybridized carbons (Fsp3) is 0.318. The SMILES string of the molecule is COc1ccc(CC(=O)NC2CCc3[nH]c4ccccc4c3C2)cc1OC. The fourth-order valence-electron chi connectivity index (χ4n) is 3.95. The van der Waals surface area contributed by atoms with Crippen molar-refractivity contribution < 1.29 is 14.3 Å². The number of aromatic amines is 1. The molecule has 5 nitrogen and oxygen atoms in total. The standard InChI is InChI=1S/C22H24N2O3/c1-26-20-10-7-14(11-21(20)27-2)12-22(25)23-15-8-9-19-17(13-15)16-5-3-4-6-18(16)24-19/h3-7,10-11,15,24H,8-9,12-13H2,1-2H3,(H,23,25). The lowest BCUT2D eigenvalue weighted by Crippen LogP contribution is -2.39. The van der Waals surface area contributed by atoms with Gasteiger partial charge in [0.2, 0.25) is 5.91 Å². The van der Waals surface area contributed by atoms with Crippen LogP contribution in [0.15, 0.2) is 42.5 Å². The number of rotatable bonds is 5. The van der Waals surface area contributed by atoms with Gasteiger partial charge in [-0.2, -0.15) is 0 Å². The van der Waals surface area contributed by atoms with E-state index in [1.165, 1.54) is 22.2 Å².